The molecule has 94 valence electrons. The lowest BCUT2D eigenvalue weighted by molar-refractivity contribution is -0.118. The first-order chi connectivity index (χ1) is 7.84. The molecule has 0 spiro atoms. The fourth-order valence-electron chi connectivity index (χ4n) is 1.50. The summed E-state index contributed by atoms with van der Waals surface area (Å²) in [7, 11) is -1.94. The molecule has 0 saturated heterocycles. The average Bonchev–Trinajstić information content (AvgIpc) is 2.25. The monoisotopic (exact) mass is 256 g/mol. The van der Waals surface area contributed by atoms with Crippen LogP contribution in [0.2, 0.25) is 0 Å². The number of nitrogens with two attached hydrogens (primary N) is 1. The minimum absolute atomic E-state index is 0.0445. The number of primary sulfonamides is 1. The Labute approximate surface area is 101 Å². The van der Waals surface area contributed by atoms with Crippen molar-refractivity contribution in [3.63, 3.8) is 0 Å². The van der Waals surface area contributed by atoms with Gasteiger partial charge in [-0.05, 0) is 38.1 Å². The van der Waals surface area contributed by atoms with Crippen LogP contribution < -0.4 is 10.5 Å². The second-order valence-electron chi connectivity index (χ2n) is 3.84. The Balaban J connectivity index is 2.85. The number of likely N-dealkylation sites (N-methyl/N-ethyl adjacent to an activating group) is 1. The lowest BCUT2D eigenvalue weighted by atomic mass is 10.0. The molecule has 0 aliphatic heterocycles. The number of carbonyl (C=O) groups excluding carboxylic acids is 1. The zero-order valence-electron chi connectivity index (χ0n) is 9.80. The summed E-state index contributed by atoms with van der Waals surface area (Å²) in [5, 5.41) is 7.89. The van der Waals surface area contributed by atoms with Gasteiger partial charge in [-0.2, -0.15) is 0 Å². The van der Waals surface area contributed by atoms with Crippen molar-refractivity contribution in [1.29, 1.82) is 0 Å². The molecule has 3 N–H and O–H groups in total. The minimum atomic E-state index is -3.65. The fourth-order valence-corrected chi connectivity index (χ4v) is 2.02. The largest absolute Gasteiger partial charge is 0.310 e. The number of benzene rings is 1. The lowest BCUT2D eigenvalue weighted by Gasteiger charge is -2.12. The normalized spacial score (nSPS) is 13.4. The van der Waals surface area contributed by atoms with E-state index in [1.54, 1.807) is 19.2 Å². The summed E-state index contributed by atoms with van der Waals surface area (Å²) in [6, 6.07) is 5.95. The molecule has 0 fully saturated rings. The Morgan fingerprint density at radius 3 is 2.24 bits per heavy atom. The molecule has 0 aromatic heterocycles. The molecule has 6 heteroatoms. The number of hydrogen-bond donors (Lipinski definition) is 2. The average molecular weight is 256 g/mol. The number of ketones is 1. The summed E-state index contributed by atoms with van der Waals surface area (Å²) in [6.45, 7) is 1.51. The van der Waals surface area contributed by atoms with E-state index in [-0.39, 0.29) is 16.7 Å². The molecular formula is C11H16N2O3S. The molecule has 0 amide bonds. The highest BCUT2D eigenvalue weighted by Crippen LogP contribution is 2.10. The smallest absolute Gasteiger partial charge is 0.238 e. The van der Waals surface area contributed by atoms with Crippen molar-refractivity contribution in [3.8, 4) is 0 Å². The van der Waals surface area contributed by atoms with E-state index in [2.05, 4.69) is 5.32 Å². The van der Waals surface area contributed by atoms with Gasteiger partial charge in [0.25, 0.3) is 0 Å². The molecule has 0 bridgehead atoms. The fraction of sp³-hybridized carbons (Fsp3) is 0.364. The molecule has 0 radical (unpaired) electrons. The van der Waals surface area contributed by atoms with Crippen molar-refractivity contribution in [3.05, 3.63) is 29.8 Å². The van der Waals surface area contributed by atoms with Crippen LogP contribution in [0.15, 0.2) is 29.2 Å². The first kappa shape index (κ1) is 13.8. The third kappa shape index (κ3) is 3.92. The Morgan fingerprint density at radius 1 is 1.35 bits per heavy atom. The summed E-state index contributed by atoms with van der Waals surface area (Å²) >= 11 is 0. The molecule has 17 heavy (non-hydrogen) atoms. The van der Waals surface area contributed by atoms with Gasteiger partial charge in [0, 0.05) is 0 Å². The highest BCUT2D eigenvalue weighted by atomic mass is 32.2. The van der Waals surface area contributed by atoms with Crippen LogP contribution in [0, 0.1) is 0 Å². The Bertz CT molecular complexity index is 494. The second kappa shape index (κ2) is 5.39. The van der Waals surface area contributed by atoms with Crippen LogP contribution in [-0.2, 0) is 21.2 Å². The summed E-state index contributed by atoms with van der Waals surface area (Å²) in [5.41, 5.74) is 0.881. The van der Waals surface area contributed by atoms with Gasteiger partial charge in [0.05, 0.1) is 10.9 Å². The van der Waals surface area contributed by atoms with Crippen molar-refractivity contribution < 1.29 is 13.2 Å². The van der Waals surface area contributed by atoms with Gasteiger partial charge in [0.1, 0.15) is 5.78 Å². The van der Waals surface area contributed by atoms with Crippen LogP contribution in [0.25, 0.3) is 0 Å². The Hall–Kier alpha value is -1.24. The van der Waals surface area contributed by atoms with Gasteiger partial charge >= 0.3 is 0 Å². The van der Waals surface area contributed by atoms with Crippen LogP contribution in [0.1, 0.15) is 12.5 Å². The number of Topliss-reactive ketones (excluding diaryl/α,β-unsaturated/α-hetero) is 1. The van der Waals surface area contributed by atoms with E-state index in [1.165, 1.54) is 19.1 Å². The number of carbonyl (C=O) groups is 1. The molecular weight excluding hydrogens is 240 g/mol. The third-order valence-corrected chi connectivity index (χ3v) is 3.46. The molecule has 1 rings (SSSR count). The SMILES string of the molecule is CN[C@@H](Cc1ccc(S(N)(=O)=O)cc1)C(C)=O. The predicted molar refractivity (Wildman–Crippen MR) is 65.0 cm³/mol. The van der Waals surface area contributed by atoms with Crippen molar-refractivity contribution in [2.24, 2.45) is 5.14 Å². The third-order valence-electron chi connectivity index (χ3n) is 2.53. The molecule has 1 aromatic carbocycles. The van der Waals surface area contributed by atoms with Crippen LogP contribution in [0.3, 0.4) is 0 Å². The topological polar surface area (TPSA) is 89.3 Å². The van der Waals surface area contributed by atoms with Crippen molar-refractivity contribution in [2.45, 2.75) is 24.3 Å². The van der Waals surface area contributed by atoms with Gasteiger partial charge in [-0.25, -0.2) is 13.6 Å². The molecule has 5 nitrogen and oxygen atoms in total. The van der Waals surface area contributed by atoms with Gasteiger partial charge in [-0.15, -0.1) is 0 Å². The van der Waals surface area contributed by atoms with Gasteiger partial charge < -0.3 is 5.32 Å². The molecule has 1 aromatic rings. The Kier molecular flexibility index (Phi) is 4.39. The van der Waals surface area contributed by atoms with E-state index in [4.69, 9.17) is 5.14 Å². The quantitative estimate of drug-likeness (QED) is 0.779. The van der Waals surface area contributed by atoms with Gasteiger partial charge in [0.2, 0.25) is 10.0 Å². The van der Waals surface area contributed by atoms with Crippen LogP contribution in [-0.4, -0.2) is 27.3 Å². The molecule has 0 unspecified atom stereocenters. The minimum Gasteiger partial charge on any atom is -0.310 e. The number of nitrogens with one attached hydrogen (secondary N) is 1. The summed E-state index contributed by atoms with van der Waals surface area (Å²) in [6.07, 6.45) is 0.525. The highest BCUT2D eigenvalue weighted by molar-refractivity contribution is 7.89. The highest BCUT2D eigenvalue weighted by Gasteiger charge is 2.13. The van der Waals surface area contributed by atoms with E-state index in [1.807, 2.05) is 0 Å². The van der Waals surface area contributed by atoms with Crippen molar-refractivity contribution in [1.82, 2.24) is 5.32 Å². The number of sulfonamides is 1. The predicted octanol–water partition coefficient (Wildman–Crippen LogP) is 0.0535. The summed E-state index contributed by atoms with van der Waals surface area (Å²) < 4.78 is 22.1. The maximum atomic E-state index is 11.2. The first-order valence-corrected chi connectivity index (χ1v) is 6.68. The van der Waals surface area contributed by atoms with Crippen LogP contribution in [0.4, 0.5) is 0 Å². The first-order valence-electron chi connectivity index (χ1n) is 5.14. The van der Waals surface area contributed by atoms with E-state index >= 15 is 0 Å². The Morgan fingerprint density at radius 2 is 1.88 bits per heavy atom. The summed E-state index contributed by atoms with van der Waals surface area (Å²) in [4.78, 5) is 11.3. The molecule has 0 saturated carbocycles. The maximum absolute atomic E-state index is 11.2. The van der Waals surface area contributed by atoms with E-state index in [0.29, 0.717) is 6.42 Å². The maximum Gasteiger partial charge on any atom is 0.238 e. The second-order valence-corrected chi connectivity index (χ2v) is 5.41. The van der Waals surface area contributed by atoms with Gasteiger partial charge in [-0.1, -0.05) is 12.1 Å². The number of rotatable bonds is 5. The van der Waals surface area contributed by atoms with E-state index < -0.39 is 10.0 Å². The van der Waals surface area contributed by atoms with Crippen molar-refractivity contribution in [2.75, 3.05) is 7.05 Å². The summed E-state index contributed by atoms with van der Waals surface area (Å²) in [5.74, 6) is 0.0445. The molecule has 0 aliphatic rings. The van der Waals surface area contributed by atoms with Crippen LogP contribution >= 0.6 is 0 Å². The van der Waals surface area contributed by atoms with Crippen LogP contribution in [0.5, 0.6) is 0 Å². The van der Waals surface area contributed by atoms with E-state index in [0.717, 1.165) is 5.56 Å². The van der Waals surface area contributed by atoms with E-state index in [9.17, 15) is 13.2 Å². The lowest BCUT2D eigenvalue weighted by Crippen LogP contribution is -2.34. The van der Waals surface area contributed by atoms with Crippen molar-refractivity contribution >= 4 is 15.8 Å². The molecule has 0 aliphatic carbocycles. The molecule has 0 heterocycles. The standard InChI is InChI=1S/C11H16N2O3S/c1-8(14)11(13-2)7-9-3-5-10(6-4-9)17(12,15)16/h3-6,11,13H,7H2,1-2H3,(H2,12,15,16)/t11-/m0/s1. The van der Waals surface area contributed by atoms with Gasteiger partial charge in [-0.3, -0.25) is 4.79 Å². The van der Waals surface area contributed by atoms with Gasteiger partial charge in [0.15, 0.2) is 0 Å². The zero-order valence-corrected chi connectivity index (χ0v) is 10.6. The number of hydrogen-bond acceptors (Lipinski definition) is 4. The zero-order chi connectivity index (χ0) is 13.1. The molecule has 1 atom stereocenters.